The molecule has 0 atom stereocenters. The molecule has 1 amide bonds. The van der Waals surface area contributed by atoms with Crippen molar-refractivity contribution >= 4 is 22.8 Å². The number of amides is 1. The highest BCUT2D eigenvalue weighted by molar-refractivity contribution is 6.05. The van der Waals surface area contributed by atoms with Crippen molar-refractivity contribution in [3.63, 3.8) is 0 Å². The summed E-state index contributed by atoms with van der Waals surface area (Å²) in [6.07, 6.45) is 3.09. The number of H-pyrrole nitrogens is 1. The number of hydrogen-bond acceptors (Lipinski definition) is 4. The maximum atomic E-state index is 11.7. The molecule has 6 nitrogen and oxygen atoms in total. The van der Waals surface area contributed by atoms with Crippen LogP contribution in [0, 0.1) is 0 Å². The van der Waals surface area contributed by atoms with Gasteiger partial charge in [-0.15, -0.1) is 0 Å². The molecular weight excluding hydrogens is 220 g/mol. The lowest BCUT2D eigenvalue weighted by atomic mass is 10.3. The standard InChI is InChI=1S/C11H8N4O2/c16-11(8-4-2-6-17-8)13-10-7-3-1-5-12-9(7)14-15-10/h1-6H,(H2,12,13,14,15,16). The molecule has 84 valence electrons. The lowest BCUT2D eigenvalue weighted by molar-refractivity contribution is 0.0996. The fourth-order valence-corrected chi connectivity index (χ4v) is 1.53. The summed E-state index contributed by atoms with van der Waals surface area (Å²) in [4.78, 5) is 15.8. The fourth-order valence-electron chi connectivity index (χ4n) is 1.53. The van der Waals surface area contributed by atoms with Crippen LogP contribution in [0.25, 0.3) is 11.0 Å². The number of aromatic amines is 1. The average molecular weight is 228 g/mol. The maximum absolute atomic E-state index is 11.7. The van der Waals surface area contributed by atoms with Crippen LogP contribution in [0.1, 0.15) is 10.6 Å². The van der Waals surface area contributed by atoms with Crippen molar-refractivity contribution < 1.29 is 9.21 Å². The quantitative estimate of drug-likeness (QED) is 0.700. The van der Waals surface area contributed by atoms with Gasteiger partial charge in [-0.1, -0.05) is 0 Å². The van der Waals surface area contributed by atoms with Crippen molar-refractivity contribution in [1.82, 2.24) is 15.2 Å². The molecule has 0 aromatic carbocycles. The third-order valence-electron chi connectivity index (χ3n) is 2.31. The van der Waals surface area contributed by atoms with E-state index in [0.29, 0.717) is 11.5 Å². The Morgan fingerprint density at radius 1 is 1.35 bits per heavy atom. The highest BCUT2D eigenvalue weighted by Gasteiger charge is 2.12. The number of nitrogens with one attached hydrogen (secondary N) is 2. The second-order valence-corrected chi connectivity index (χ2v) is 3.40. The van der Waals surface area contributed by atoms with Gasteiger partial charge in [0.2, 0.25) is 0 Å². The molecule has 0 saturated carbocycles. The molecule has 3 heterocycles. The molecule has 0 radical (unpaired) electrons. The Bertz CT molecular complexity index is 657. The molecule has 2 N–H and O–H groups in total. The zero-order valence-electron chi connectivity index (χ0n) is 8.68. The normalized spacial score (nSPS) is 10.6. The smallest absolute Gasteiger partial charge is 0.292 e. The van der Waals surface area contributed by atoms with Gasteiger partial charge in [-0.25, -0.2) is 4.98 Å². The molecule has 0 spiro atoms. The number of rotatable bonds is 2. The van der Waals surface area contributed by atoms with Crippen LogP contribution in [0.4, 0.5) is 5.82 Å². The summed E-state index contributed by atoms with van der Waals surface area (Å²) in [5.41, 5.74) is 0.558. The number of hydrogen-bond donors (Lipinski definition) is 2. The molecule has 0 unspecified atom stereocenters. The van der Waals surface area contributed by atoms with Gasteiger partial charge in [0.1, 0.15) is 5.82 Å². The second-order valence-electron chi connectivity index (χ2n) is 3.40. The van der Waals surface area contributed by atoms with E-state index in [1.165, 1.54) is 6.26 Å². The Morgan fingerprint density at radius 3 is 3.12 bits per heavy atom. The van der Waals surface area contributed by atoms with Gasteiger partial charge in [0, 0.05) is 6.20 Å². The second kappa shape index (κ2) is 3.75. The Kier molecular flexibility index (Phi) is 2.11. The maximum Gasteiger partial charge on any atom is 0.292 e. The van der Waals surface area contributed by atoms with E-state index < -0.39 is 0 Å². The van der Waals surface area contributed by atoms with Gasteiger partial charge in [-0.3, -0.25) is 9.89 Å². The van der Waals surface area contributed by atoms with Crippen LogP contribution in [-0.4, -0.2) is 21.1 Å². The minimum absolute atomic E-state index is 0.247. The van der Waals surface area contributed by atoms with Crippen LogP contribution in [0.5, 0.6) is 0 Å². The predicted octanol–water partition coefficient (Wildman–Crippen LogP) is 1.80. The molecule has 0 saturated heterocycles. The number of nitrogens with zero attached hydrogens (tertiary/aromatic N) is 2. The summed E-state index contributed by atoms with van der Waals surface area (Å²) in [6.45, 7) is 0. The van der Waals surface area contributed by atoms with Crippen LogP contribution in [0.15, 0.2) is 41.1 Å². The number of anilines is 1. The minimum Gasteiger partial charge on any atom is -0.459 e. The van der Waals surface area contributed by atoms with Gasteiger partial charge in [0.05, 0.1) is 11.6 Å². The van der Waals surface area contributed by atoms with Crippen molar-refractivity contribution in [2.24, 2.45) is 0 Å². The topological polar surface area (TPSA) is 83.8 Å². The van der Waals surface area contributed by atoms with Crippen LogP contribution < -0.4 is 5.32 Å². The SMILES string of the molecule is O=C(Nc1[nH]nc2ncccc12)c1ccco1. The van der Waals surface area contributed by atoms with E-state index >= 15 is 0 Å². The molecule has 0 fully saturated rings. The van der Waals surface area contributed by atoms with Crippen LogP contribution >= 0.6 is 0 Å². The first-order valence-electron chi connectivity index (χ1n) is 4.98. The summed E-state index contributed by atoms with van der Waals surface area (Å²) in [7, 11) is 0. The first kappa shape index (κ1) is 9.59. The zero-order valence-corrected chi connectivity index (χ0v) is 8.68. The van der Waals surface area contributed by atoms with Gasteiger partial charge >= 0.3 is 0 Å². The van der Waals surface area contributed by atoms with E-state index in [0.717, 1.165) is 5.39 Å². The summed E-state index contributed by atoms with van der Waals surface area (Å²) in [5, 5.41) is 10.1. The molecule has 3 rings (SSSR count). The lowest BCUT2D eigenvalue weighted by Gasteiger charge is -1.99. The van der Waals surface area contributed by atoms with Crippen molar-refractivity contribution in [2.45, 2.75) is 0 Å². The van der Waals surface area contributed by atoms with Gasteiger partial charge in [-0.05, 0) is 24.3 Å². The molecule has 0 bridgehead atoms. The molecule has 3 aromatic rings. The summed E-state index contributed by atoms with van der Waals surface area (Å²) in [5.74, 6) is 0.426. The van der Waals surface area contributed by atoms with E-state index in [4.69, 9.17) is 4.42 Å². The Balaban J connectivity index is 1.93. The minimum atomic E-state index is -0.329. The number of aromatic nitrogens is 3. The Labute approximate surface area is 95.7 Å². The van der Waals surface area contributed by atoms with Gasteiger partial charge < -0.3 is 9.73 Å². The van der Waals surface area contributed by atoms with Crippen molar-refractivity contribution in [1.29, 1.82) is 0 Å². The first-order chi connectivity index (χ1) is 8.34. The molecule has 0 aliphatic carbocycles. The third kappa shape index (κ3) is 1.65. The van der Waals surface area contributed by atoms with Gasteiger partial charge in [0.15, 0.2) is 11.4 Å². The van der Waals surface area contributed by atoms with E-state index in [-0.39, 0.29) is 11.7 Å². The largest absolute Gasteiger partial charge is 0.459 e. The number of fused-ring (bicyclic) bond motifs is 1. The molecule has 3 aromatic heterocycles. The summed E-state index contributed by atoms with van der Waals surface area (Å²) < 4.78 is 4.99. The molecular formula is C11H8N4O2. The third-order valence-corrected chi connectivity index (χ3v) is 2.31. The van der Waals surface area contributed by atoms with Crippen LogP contribution in [-0.2, 0) is 0 Å². The fraction of sp³-hybridized carbons (Fsp3) is 0. The van der Waals surface area contributed by atoms with Gasteiger partial charge in [0.25, 0.3) is 5.91 Å². The van der Waals surface area contributed by atoms with Gasteiger partial charge in [-0.2, -0.15) is 5.10 Å². The number of pyridine rings is 1. The van der Waals surface area contributed by atoms with E-state index in [1.54, 1.807) is 24.4 Å². The molecule has 6 heteroatoms. The Hall–Kier alpha value is -2.63. The van der Waals surface area contributed by atoms with E-state index in [9.17, 15) is 4.79 Å². The highest BCUT2D eigenvalue weighted by Crippen LogP contribution is 2.18. The Morgan fingerprint density at radius 2 is 2.29 bits per heavy atom. The highest BCUT2D eigenvalue weighted by atomic mass is 16.3. The predicted molar refractivity (Wildman–Crippen MR) is 60.5 cm³/mol. The van der Waals surface area contributed by atoms with Crippen molar-refractivity contribution in [3.8, 4) is 0 Å². The van der Waals surface area contributed by atoms with E-state index in [1.807, 2.05) is 6.07 Å². The van der Waals surface area contributed by atoms with Crippen LogP contribution in [0.2, 0.25) is 0 Å². The monoisotopic (exact) mass is 228 g/mol. The number of carbonyl (C=O) groups is 1. The van der Waals surface area contributed by atoms with Crippen molar-refractivity contribution in [2.75, 3.05) is 5.32 Å². The number of furan rings is 1. The summed E-state index contributed by atoms with van der Waals surface area (Å²) in [6, 6.07) is 6.84. The van der Waals surface area contributed by atoms with E-state index in [2.05, 4.69) is 20.5 Å². The molecule has 0 aliphatic heterocycles. The van der Waals surface area contributed by atoms with Crippen molar-refractivity contribution in [3.05, 3.63) is 42.5 Å². The first-order valence-corrected chi connectivity index (χ1v) is 4.98. The zero-order chi connectivity index (χ0) is 11.7. The average Bonchev–Trinajstić information content (AvgIpc) is 2.98. The molecule has 0 aliphatic rings. The van der Waals surface area contributed by atoms with Crippen LogP contribution in [0.3, 0.4) is 0 Å². The lowest BCUT2D eigenvalue weighted by Crippen LogP contribution is -2.11. The molecule has 17 heavy (non-hydrogen) atoms. The number of carbonyl (C=O) groups excluding carboxylic acids is 1. The summed E-state index contributed by atoms with van der Waals surface area (Å²) >= 11 is 0.